The highest BCUT2D eigenvalue weighted by Gasteiger charge is 2.14. The highest BCUT2D eigenvalue weighted by molar-refractivity contribution is 5.94. The van der Waals surface area contributed by atoms with Gasteiger partial charge in [-0.1, -0.05) is 54.6 Å². The number of rotatable bonds is 7. The fourth-order valence-electron chi connectivity index (χ4n) is 3.51. The summed E-state index contributed by atoms with van der Waals surface area (Å²) in [5, 5.41) is 3.37. The van der Waals surface area contributed by atoms with Crippen LogP contribution in [0.5, 0.6) is 5.75 Å². The minimum atomic E-state index is -0.437. The van der Waals surface area contributed by atoms with Gasteiger partial charge in [-0.15, -0.1) is 0 Å². The minimum absolute atomic E-state index is 0.382. The molecule has 0 radical (unpaired) electrons. The van der Waals surface area contributed by atoms with E-state index in [0.717, 1.165) is 16.9 Å². The molecular formula is C27H24N2O3. The summed E-state index contributed by atoms with van der Waals surface area (Å²) in [4.78, 5) is 16.6. The van der Waals surface area contributed by atoms with Gasteiger partial charge in [0.1, 0.15) is 17.1 Å². The molecule has 3 aromatic carbocycles. The van der Waals surface area contributed by atoms with E-state index in [4.69, 9.17) is 9.47 Å². The Kier molecular flexibility index (Phi) is 6.46. The van der Waals surface area contributed by atoms with Crippen molar-refractivity contribution in [3.8, 4) is 28.0 Å². The number of anilines is 1. The van der Waals surface area contributed by atoms with Gasteiger partial charge in [-0.2, -0.15) is 0 Å². The monoisotopic (exact) mass is 424 g/mol. The Labute approximate surface area is 187 Å². The normalized spacial score (nSPS) is 10.4. The molecule has 0 aliphatic rings. The van der Waals surface area contributed by atoms with Crippen LogP contribution in [0, 0.1) is 0 Å². The predicted molar refractivity (Wildman–Crippen MR) is 127 cm³/mol. The average molecular weight is 425 g/mol. The molecule has 1 N–H and O–H groups in total. The predicted octanol–water partition coefficient (Wildman–Crippen LogP) is 5.82. The van der Waals surface area contributed by atoms with Crippen molar-refractivity contribution in [3.05, 3.63) is 102 Å². The molecule has 5 heteroatoms. The lowest BCUT2D eigenvalue weighted by Gasteiger charge is -2.11. The quantitative estimate of drug-likeness (QED) is 0.379. The van der Waals surface area contributed by atoms with Gasteiger partial charge in [-0.3, -0.25) is 0 Å². The van der Waals surface area contributed by atoms with Crippen molar-refractivity contribution in [2.45, 2.75) is 6.54 Å². The maximum Gasteiger partial charge on any atom is 0.341 e. The van der Waals surface area contributed by atoms with Gasteiger partial charge in [0.2, 0.25) is 0 Å². The van der Waals surface area contributed by atoms with Gasteiger partial charge in [0.05, 0.1) is 14.2 Å². The Morgan fingerprint density at radius 2 is 1.56 bits per heavy atom. The third kappa shape index (κ3) is 4.78. The van der Waals surface area contributed by atoms with Crippen molar-refractivity contribution >= 4 is 11.8 Å². The van der Waals surface area contributed by atoms with Crippen LogP contribution in [-0.2, 0) is 11.3 Å². The topological polar surface area (TPSA) is 60.5 Å². The number of hydrogen-bond donors (Lipinski definition) is 1. The summed E-state index contributed by atoms with van der Waals surface area (Å²) in [5.74, 6) is 0.817. The third-order valence-electron chi connectivity index (χ3n) is 5.21. The van der Waals surface area contributed by atoms with Crippen LogP contribution in [0.2, 0.25) is 0 Å². The first-order chi connectivity index (χ1) is 15.7. The second kappa shape index (κ2) is 9.79. The highest BCUT2D eigenvalue weighted by atomic mass is 16.5. The van der Waals surface area contributed by atoms with Crippen molar-refractivity contribution in [2.24, 2.45) is 0 Å². The maximum absolute atomic E-state index is 12.0. The van der Waals surface area contributed by atoms with E-state index in [2.05, 4.69) is 46.7 Å². The SMILES string of the molecule is COC(=O)c1cc(-c2ccc(NCc3cccc(-c4ccccc4)c3)nc2)ccc1OC. The number of aromatic nitrogens is 1. The average Bonchev–Trinajstić information content (AvgIpc) is 2.87. The largest absolute Gasteiger partial charge is 0.496 e. The summed E-state index contributed by atoms with van der Waals surface area (Å²) in [6.45, 7) is 0.669. The number of ether oxygens (including phenoxy) is 2. The second-order valence-electron chi connectivity index (χ2n) is 7.26. The van der Waals surface area contributed by atoms with E-state index < -0.39 is 5.97 Å². The van der Waals surface area contributed by atoms with Crippen molar-refractivity contribution < 1.29 is 14.3 Å². The van der Waals surface area contributed by atoms with Crippen LogP contribution < -0.4 is 10.1 Å². The molecule has 0 aliphatic carbocycles. The molecular weight excluding hydrogens is 400 g/mol. The maximum atomic E-state index is 12.0. The van der Waals surface area contributed by atoms with E-state index in [1.807, 2.05) is 36.4 Å². The van der Waals surface area contributed by atoms with Crippen LogP contribution in [0.15, 0.2) is 91.1 Å². The first kappa shape index (κ1) is 21.1. The fourth-order valence-corrected chi connectivity index (χ4v) is 3.51. The zero-order chi connectivity index (χ0) is 22.3. The molecule has 0 bridgehead atoms. The summed E-state index contributed by atoms with van der Waals surface area (Å²) in [6.07, 6.45) is 1.78. The van der Waals surface area contributed by atoms with Gasteiger partial charge >= 0.3 is 5.97 Å². The number of nitrogens with zero attached hydrogens (tertiary/aromatic N) is 1. The zero-order valence-corrected chi connectivity index (χ0v) is 18.0. The summed E-state index contributed by atoms with van der Waals surface area (Å²) >= 11 is 0. The van der Waals surface area contributed by atoms with E-state index in [-0.39, 0.29) is 0 Å². The molecule has 0 saturated heterocycles. The molecule has 0 atom stereocenters. The molecule has 0 amide bonds. The molecule has 0 aliphatic heterocycles. The molecule has 4 aromatic rings. The Hall–Kier alpha value is -4.12. The lowest BCUT2D eigenvalue weighted by molar-refractivity contribution is 0.0597. The van der Waals surface area contributed by atoms with E-state index >= 15 is 0 Å². The molecule has 1 heterocycles. The Morgan fingerprint density at radius 3 is 2.28 bits per heavy atom. The lowest BCUT2D eigenvalue weighted by atomic mass is 10.0. The summed E-state index contributed by atoms with van der Waals surface area (Å²) in [7, 11) is 2.88. The van der Waals surface area contributed by atoms with Crippen molar-refractivity contribution in [1.82, 2.24) is 4.98 Å². The van der Waals surface area contributed by atoms with Gasteiger partial charge in [0, 0.05) is 18.3 Å². The van der Waals surface area contributed by atoms with Crippen molar-refractivity contribution in [3.63, 3.8) is 0 Å². The van der Waals surface area contributed by atoms with Crippen LogP contribution in [-0.4, -0.2) is 25.2 Å². The van der Waals surface area contributed by atoms with Crippen LogP contribution in [0.1, 0.15) is 15.9 Å². The Balaban J connectivity index is 1.47. The van der Waals surface area contributed by atoms with Crippen LogP contribution in [0.3, 0.4) is 0 Å². The molecule has 4 rings (SSSR count). The van der Waals surface area contributed by atoms with Crippen LogP contribution in [0.4, 0.5) is 5.82 Å². The number of carbonyl (C=O) groups is 1. The summed E-state index contributed by atoms with van der Waals surface area (Å²) in [5.41, 5.74) is 5.70. The number of benzene rings is 3. The van der Waals surface area contributed by atoms with Crippen LogP contribution in [0.25, 0.3) is 22.3 Å². The van der Waals surface area contributed by atoms with Crippen molar-refractivity contribution in [1.29, 1.82) is 0 Å². The third-order valence-corrected chi connectivity index (χ3v) is 5.21. The Morgan fingerprint density at radius 1 is 0.812 bits per heavy atom. The number of methoxy groups -OCH3 is 2. The van der Waals surface area contributed by atoms with E-state index in [9.17, 15) is 4.79 Å². The van der Waals surface area contributed by atoms with Gasteiger partial charge in [0.15, 0.2) is 0 Å². The number of esters is 1. The van der Waals surface area contributed by atoms with Gasteiger partial charge < -0.3 is 14.8 Å². The Bertz CT molecular complexity index is 1210. The van der Waals surface area contributed by atoms with Gasteiger partial charge in [0.25, 0.3) is 0 Å². The van der Waals surface area contributed by atoms with Crippen LogP contribution >= 0.6 is 0 Å². The van der Waals surface area contributed by atoms with Crippen molar-refractivity contribution in [2.75, 3.05) is 19.5 Å². The lowest BCUT2D eigenvalue weighted by Crippen LogP contribution is -2.04. The summed E-state index contributed by atoms with van der Waals surface area (Å²) < 4.78 is 10.1. The van der Waals surface area contributed by atoms with E-state index in [0.29, 0.717) is 17.9 Å². The zero-order valence-electron chi connectivity index (χ0n) is 18.0. The highest BCUT2D eigenvalue weighted by Crippen LogP contribution is 2.27. The minimum Gasteiger partial charge on any atom is -0.496 e. The second-order valence-corrected chi connectivity index (χ2v) is 7.26. The molecule has 32 heavy (non-hydrogen) atoms. The molecule has 0 saturated carbocycles. The first-order valence-electron chi connectivity index (χ1n) is 10.3. The number of carbonyl (C=O) groups excluding carboxylic acids is 1. The standard InChI is InChI=1S/C27H24N2O3/c1-31-25-13-11-22(16-24(25)27(30)32-2)23-12-14-26(29-18-23)28-17-19-7-6-10-21(15-19)20-8-4-3-5-9-20/h3-16,18H,17H2,1-2H3,(H,28,29). The van der Waals surface area contributed by atoms with E-state index in [1.165, 1.54) is 30.9 Å². The van der Waals surface area contributed by atoms with E-state index in [1.54, 1.807) is 18.3 Å². The summed E-state index contributed by atoms with van der Waals surface area (Å²) in [6, 6.07) is 28.1. The fraction of sp³-hybridized carbons (Fsp3) is 0.111. The first-order valence-corrected chi connectivity index (χ1v) is 10.3. The number of nitrogens with one attached hydrogen (secondary N) is 1. The molecule has 0 fully saturated rings. The molecule has 1 aromatic heterocycles. The van der Waals surface area contributed by atoms with Gasteiger partial charge in [-0.05, 0) is 52.6 Å². The molecule has 0 spiro atoms. The smallest absolute Gasteiger partial charge is 0.341 e. The number of hydrogen-bond acceptors (Lipinski definition) is 5. The molecule has 5 nitrogen and oxygen atoms in total. The molecule has 0 unspecified atom stereocenters. The van der Waals surface area contributed by atoms with Gasteiger partial charge in [-0.25, -0.2) is 9.78 Å². The number of pyridine rings is 1. The molecule has 160 valence electrons.